The van der Waals surface area contributed by atoms with Crippen LogP contribution < -0.4 is 0 Å². The minimum Gasteiger partial charge on any atom is -0.448 e. The highest BCUT2D eigenvalue weighted by atomic mass is 16.6. The van der Waals surface area contributed by atoms with Crippen molar-refractivity contribution in [3.05, 3.63) is 59.7 Å². The number of hydrogen-bond acceptors (Lipinski definition) is 3. The van der Waals surface area contributed by atoms with Crippen LogP contribution in [0.3, 0.4) is 0 Å². The maximum Gasteiger partial charge on any atom is 0.409 e. The molecule has 2 aromatic carbocycles. The van der Waals surface area contributed by atoms with Crippen LogP contribution in [0.4, 0.5) is 4.79 Å². The van der Waals surface area contributed by atoms with Crippen molar-refractivity contribution in [3.63, 3.8) is 0 Å². The summed E-state index contributed by atoms with van der Waals surface area (Å²) in [5.41, 5.74) is 4.00. The van der Waals surface area contributed by atoms with Crippen LogP contribution in [-0.4, -0.2) is 41.4 Å². The number of aliphatic hydroxyl groups is 1. The van der Waals surface area contributed by atoms with E-state index in [9.17, 15) is 9.90 Å². The van der Waals surface area contributed by atoms with Crippen LogP contribution in [0.2, 0.25) is 0 Å². The van der Waals surface area contributed by atoms with Gasteiger partial charge in [0, 0.05) is 12.5 Å². The number of benzene rings is 2. The molecule has 4 nitrogen and oxygen atoms in total. The first-order chi connectivity index (χ1) is 12.5. The number of amides is 1. The second-order valence-electron chi connectivity index (χ2n) is 7.77. The van der Waals surface area contributed by atoms with Gasteiger partial charge >= 0.3 is 6.09 Å². The van der Waals surface area contributed by atoms with Crippen LogP contribution in [0.1, 0.15) is 37.3 Å². The Morgan fingerprint density at radius 2 is 1.73 bits per heavy atom. The minimum absolute atomic E-state index is 0.0653. The summed E-state index contributed by atoms with van der Waals surface area (Å²) in [6.07, 6.45) is 0.455. The lowest BCUT2D eigenvalue weighted by Crippen LogP contribution is -2.53. The standard InChI is InChI=1S/C22H25NO3/c1-15-11-12-23(14-22(15,2)25)21(24)26-13-20-18-9-5-3-7-16(18)17-8-4-6-10-19(17)20/h3-10,15,20,25H,11-14H2,1-2H3/t15-,22-/m1/s1. The first kappa shape index (κ1) is 17.1. The van der Waals surface area contributed by atoms with E-state index >= 15 is 0 Å². The van der Waals surface area contributed by atoms with Crippen molar-refractivity contribution < 1.29 is 14.6 Å². The van der Waals surface area contributed by atoms with Crippen molar-refractivity contribution in [2.75, 3.05) is 19.7 Å². The number of nitrogens with zero attached hydrogens (tertiary/aromatic N) is 1. The van der Waals surface area contributed by atoms with Crippen molar-refractivity contribution in [1.82, 2.24) is 4.90 Å². The molecule has 1 aliphatic carbocycles. The molecule has 4 rings (SSSR count). The summed E-state index contributed by atoms with van der Waals surface area (Å²) in [5, 5.41) is 10.5. The van der Waals surface area contributed by atoms with Crippen LogP contribution in [0.25, 0.3) is 11.1 Å². The van der Waals surface area contributed by atoms with Gasteiger partial charge in [-0.1, -0.05) is 55.5 Å². The quantitative estimate of drug-likeness (QED) is 0.889. The van der Waals surface area contributed by atoms with Gasteiger partial charge in [0.1, 0.15) is 6.61 Å². The number of carbonyl (C=O) groups is 1. The maximum absolute atomic E-state index is 12.6. The molecule has 0 unspecified atom stereocenters. The lowest BCUT2D eigenvalue weighted by molar-refractivity contribution is -0.0535. The van der Waals surface area contributed by atoms with Gasteiger partial charge in [-0.05, 0) is 41.5 Å². The molecule has 1 aliphatic heterocycles. The predicted octanol–water partition coefficient (Wildman–Crippen LogP) is 4.03. The molecule has 0 spiro atoms. The lowest BCUT2D eigenvalue weighted by Gasteiger charge is -2.40. The minimum atomic E-state index is -0.857. The third kappa shape index (κ3) is 2.88. The molecule has 1 fully saturated rings. The number of hydrogen-bond donors (Lipinski definition) is 1. The van der Waals surface area contributed by atoms with E-state index in [1.807, 2.05) is 31.2 Å². The highest BCUT2D eigenvalue weighted by Gasteiger charge is 2.38. The van der Waals surface area contributed by atoms with E-state index in [1.54, 1.807) is 11.8 Å². The van der Waals surface area contributed by atoms with Gasteiger partial charge in [0.05, 0.1) is 12.1 Å². The smallest absolute Gasteiger partial charge is 0.409 e. The largest absolute Gasteiger partial charge is 0.448 e. The summed E-state index contributed by atoms with van der Waals surface area (Å²) in [6, 6.07) is 16.6. The number of piperidine rings is 1. The monoisotopic (exact) mass is 351 g/mol. The molecule has 1 heterocycles. The molecule has 2 aliphatic rings. The van der Waals surface area contributed by atoms with E-state index in [-0.39, 0.29) is 17.9 Å². The molecule has 4 heteroatoms. The summed E-state index contributed by atoms with van der Waals surface area (Å²) in [5.74, 6) is 0.246. The Labute approximate surface area is 154 Å². The number of ether oxygens (including phenoxy) is 1. The fourth-order valence-electron chi connectivity index (χ4n) is 4.12. The Bertz CT molecular complexity index is 784. The van der Waals surface area contributed by atoms with Gasteiger partial charge in [-0.2, -0.15) is 0 Å². The van der Waals surface area contributed by atoms with E-state index < -0.39 is 5.60 Å². The van der Waals surface area contributed by atoms with Gasteiger partial charge in [0.2, 0.25) is 0 Å². The van der Waals surface area contributed by atoms with E-state index in [0.717, 1.165) is 6.42 Å². The van der Waals surface area contributed by atoms with Crippen LogP contribution in [0.5, 0.6) is 0 Å². The lowest BCUT2D eigenvalue weighted by atomic mass is 9.84. The number of fused-ring (bicyclic) bond motifs is 3. The molecule has 1 amide bonds. The normalized spacial score (nSPS) is 24.9. The molecule has 0 radical (unpaired) electrons. The molecule has 26 heavy (non-hydrogen) atoms. The summed E-state index contributed by atoms with van der Waals surface area (Å²) in [7, 11) is 0. The zero-order valence-corrected chi connectivity index (χ0v) is 15.3. The average molecular weight is 351 g/mol. The first-order valence-corrected chi connectivity index (χ1v) is 9.29. The Morgan fingerprint density at radius 3 is 2.31 bits per heavy atom. The Morgan fingerprint density at radius 1 is 1.15 bits per heavy atom. The SMILES string of the molecule is C[C@@H]1CCN(C(=O)OCC2c3ccccc3-c3ccccc32)C[C@@]1(C)O. The molecule has 1 N–H and O–H groups in total. The second-order valence-corrected chi connectivity index (χ2v) is 7.77. The third-order valence-corrected chi connectivity index (χ3v) is 6.00. The summed E-state index contributed by atoms with van der Waals surface area (Å²) in [6.45, 7) is 5.09. The highest BCUT2D eigenvalue weighted by molar-refractivity contribution is 5.79. The third-order valence-electron chi connectivity index (χ3n) is 6.00. The molecule has 0 bridgehead atoms. The van der Waals surface area contributed by atoms with Gasteiger partial charge in [-0.3, -0.25) is 0 Å². The van der Waals surface area contributed by atoms with E-state index in [4.69, 9.17) is 4.74 Å². The molecule has 2 aromatic rings. The van der Waals surface area contributed by atoms with Crippen LogP contribution in [0.15, 0.2) is 48.5 Å². The van der Waals surface area contributed by atoms with Gasteiger partial charge in [0.15, 0.2) is 0 Å². The maximum atomic E-state index is 12.6. The highest BCUT2D eigenvalue weighted by Crippen LogP contribution is 2.44. The summed E-state index contributed by atoms with van der Waals surface area (Å²) in [4.78, 5) is 14.2. The fourth-order valence-corrected chi connectivity index (χ4v) is 4.12. The van der Waals surface area contributed by atoms with Crippen molar-refractivity contribution in [3.8, 4) is 11.1 Å². The van der Waals surface area contributed by atoms with Gasteiger partial charge in [0.25, 0.3) is 0 Å². The van der Waals surface area contributed by atoms with Crippen molar-refractivity contribution in [2.24, 2.45) is 5.92 Å². The van der Waals surface area contributed by atoms with Crippen LogP contribution in [0, 0.1) is 5.92 Å². The van der Waals surface area contributed by atoms with E-state index in [0.29, 0.717) is 19.7 Å². The molecular weight excluding hydrogens is 326 g/mol. The number of likely N-dealkylation sites (tertiary alicyclic amines) is 1. The number of β-amino-alcohol motifs (C(OH)–C–C–N with tert-alkyl or cyclic N) is 1. The summed E-state index contributed by atoms with van der Waals surface area (Å²) >= 11 is 0. The Balaban J connectivity index is 1.49. The fraction of sp³-hybridized carbons (Fsp3) is 0.409. The van der Waals surface area contributed by atoms with Crippen molar-refractivity contribution in [1.29, 1.82) is 0 Å². The van der Waals surface area contributed by atoms with Crippen LogP contribution in [-0.2, 0) is 4.74 Å². The Kier molecular flexibility index (Phi) is 4.23. The first-order valence-electron chi connectivity index (χ1n) is 9.29. The Hall–Kier alpha value is -2.33. The molecular formula is C22H25NO3. The zero-order valence-electron chi connectivity index (χ0n) is 15.3. The summed E-state index contributed by atoms with van der Waals surface area (Å²) < 4.78 is 5.68. The topological polar surface area (TPSA) is 49.8 Å². The van der Waals surface area contributed by atoms with E-state index in [1.165, 1.54) is 22.3 Å². The van der Waals surface area contributed by atoms with Crippen molar-refractivity contribution in [2.45, 2.75) is 31.8 Å². The number of rotatable bonds is 2. The zero-order chi connectivity index (χ0) is 18.3. The molecule has 0 aromatic heterocycles. The number of carbonyl (C=O) groups excluding carboxylic acids is 1. The molecule has 1 saturated heterocycles. The van der Waals surface area contributed by atoms with Crippen LogP contribution >= 0.6 is 0 Å². The van der Waals surface area contributed by atoms with Gasteiger partial charge in [-0.15, -0.1) is 0 Å². The van der Waals surface area contributed by atoms with Gasteiger partial charge in [-0.25, -0.2) is 4.79 Å². The van der Waals surface area contributed by atoms with Crippen molar-refractivity contribution >= 4 is 6.09 Å². The van der Waals surface area contributed by atoms with Gasteiger partial charge < -0.3 is 14.7 Å². The molecule has 136 valence electrons. The molecule has 0 saturated carbocycles. The van der Waals surface area contributed by atoms with E-state index in [2.05, 4.69) is 24.3 Å². The average Bonchev–Trinajstić information content (AvgIpc) is 2.96. The second kappa shape index (κ2) is 6.44. The predicted molar refractivity (Wildman–Crippen MR) is 101 cm³/mol. The molecule has 2 atom stereocenters.